The van der Waals surface area contributed by atoms with Gasteiger partial charge in [-0.1, -0.05) is 47.4 Å². The molecule has 1 N–H and O–H groups in total. The van der Waals surface area contributed by atoms with Gasteiger partial charge >= 0.3 is 0 Å². The predicted molar refractivity (Wildman–Crippen MR) is 77.5 cm³/mol. The summed E-state index contributed by atoms with van der Waals surface area (Å²) in [5, 5.41) is 3.40. The Hall–Kier alpha value is -0.740. The summed E-state index contributed by atoms with van der Waals surface area (Å²) < 4.78 is 5.33. The average molecular weight is 335 g/mol. The highest BCUT2D eigenvalue weighted by molar-refractivity contribution is 9.09. The van der Waals surface area contributed by atoms with Crippen LogP contribution in [-0.2, 0) is 4.79 Å². The Morgan fingerprint density at radius 3 is 2.83 bits per heavy atom. The summed E-state index contributed by atoms with van der Waals surface area (Å²) in [7, 11) is 0. The zero-order valence-electron chi connectivity index (χ0n) is 10.5. The van der Waals surface area contributed by atoms with Gasteiger partial charge in [0, 0.05) is 16.4 Å². The first-order chi connectivity index (χ1) is 8.49. The first-order valence-electron chi connectivity index (χ1n) is 5.78. The molecule has 3 nitrogen and oxygen atoms in total. The summed E-state index contributed by atoms with van der Waals surface area (Å²) in [5.41, 5.74) is 0. The molecule has 0 saturated heterocycles. The fourth-order valence-corrected chi connectivity index (χ4v) is 1.55. The van der Waals surface area contributed by atoms with Crippen LogP contribution in [0.15, 0.2) is 24.3 Å². The van der Waals surface area contributed by atoms with Crippen molar-refractivity contribution in [3.05, 3.63) is 29.3 Å². The van der Waals surface area contributed by atoms with E-state index < -0.39 is 0 Å². The molecule has 1 aromatic rings. The van der Waals surface area contributed by atoms with Crippen molar-refractivity contribution in [2.75, 3.05) is 13.2 Å². The summed E-state index contributed by atoms with van der Waals surface area (Å²) in [6, 6.07) is 6.98. The van der Waals surface area contributed by atoms with E-state index in [0.29, 0.717) is 23.2 Å². The third kappa shape index (κ3) is 5.74. The lowest BCUT2D eigenvalue weighted by atomic mass is 10.1. The van der Waals surface area contributed by atoms with Crippen molar-refractivity contribution in [2.45, 2.75) is 18.7 Å². The second-order valence-electron chi connectivity index (χ2n) is 4.31. The Morgan fingerprint density at radius 1 is 1.50 bits per heavy atom. The molecule has 100 valence electrons. The van der Waals surface area contributed by atoms with E-state index in [2.05, 4.69) is 35.1 Å². The maximum absolute atomic E-state index is 11.5. The lowest BCUT2D eigenvalue weighted by Gasteiger charge is -2.14. The molecule has 18 heavy (non-hydrogen) atoms. The van der Waals surface area contributed by atoms with Gasteiger partial charge in [0.2, 0.25) is 0 Å². The minimum atomic E-state index is -0.139. The molecule has 0 bridgehead atoms. The van der Waals surface area contributed by atoms with Crippen molar-refractivity contribution in [1.82, 2.24) is 5.32 Å². The Kier molecular flexibility index (Phi) is 6.50. The Bertz CT molecular complexity index is 398. The third-order valence-corrected chi connectivity index (χ3v) is 4.00. The van der Waals surface area contributed by atoms with Gasteiger partial charge in [-0.3, -0.25) is 4.79 Å². The Morgan fingerprint density at radius 2 is 2.22 bits per heavy atom. The molecule has 0 radical (unpaired) electrons. The van der Waals surface area contributed by atoms with Gasteiger partial charge in [-0.05, 0) is 24.1 Å². The number of alkyl halides is 1. The topological polar surface area (TPSA) is 38.3 Å². The van der Waals surface area contributed by atoms with Crippen LogP contribution in [-0.4, -0.2) is 23.9 Å². The standard InChI is InChI=1S/C13H17BrClNO2/c1-9(2)12(14)7-16-13(17)8-18-11-5-3-4-10(15)6-11/h3-6,9,12H,7-8H2,1-2H3,(H,16,17). The number of nitrogens with one attached hydrogen (secondary N) is 1. The first kappa shape index (κ1) is 15.3. The summed E-state index contributed by atoms with van der Waals surface area (Å²) in [6.07, 6.45) is 0. The van der Waals surface area contributed by atoms with Crippen molar-refractivity contribution in [1.29, 1.82) is 0 Å². The van der Waals surface area contributed by atoms with Gasteiger partial charge < -0.3 is 10.1 Å². The number of halogens is 2. The molecule has 0 heterocycles. The van der Waals surface area contributed by atoms with E-state index in [0.717, 1.165) is 0 Å². The quantitative estimate of drug-likeness (QED) is 0.811. The van der Waals surface area contributed by atoms with Crippen molar-refractivity contribution in [2.24, 2.45) is 5.92 Å². The molecule has 1 unspecified atom stereocenters. The molecule has 5 heteroatoms. The Labute approximate surface area is 121 Å². The molecule has 0 aliphatic carbocycles. The summed E-state index contributed by atoms with van der Waals surface area (Å²) >= 11 is 9.31. The van der Waals surface area contributed by atoms with Gasteiger partial charge in [-0.25, -0.2) is 0 Å². The maximum atomic E-state index is 11.5. The van der Waals surface area contributed by atoms with Crippen molar-refractivity contribution < 1.29 is 9.53 Å². The molecular formula is C13H17BrClNO2. The molecule has 0 saturated carbocycles. The van der Waals surface area contributed by atoms with Crippen LogP contribution in [0.5, 0.6) is 5.75 Å². The number of ether oxygens (including phenoxy) is 1. The van der Waals surface area contributed by atoms with Gasteiger partial charge in [0.1, 0.15) is 5.75 Å². The zero-order valence-corrected chi connectivity index (χ0v) is 12.8. The van der Waals surface area contributed by atoms with E-state index in [-0.39, 0.29) is 17.3 Å². The molecular weight excluding hydrogens is 318 g/mol. The normalized spacial score (nSPS) is 12.3. The second-order valence-corrected chi connectivity index (χ2v) is 5.92. The Balaban J connectivity index is 2.29. The molecule has 0 aliphatic rings. The highest BCUT2D eigenvalue weighted by Crippen LogP contribution is 2.16. The van der Waals surface area contributed by atoms with Crippen molar-refractivity contribution in [3.8, 4) is 5.75 Å². The number of carbonyl (C=O) groups is 1. The van der Waals surface area contributed by atoms with Crippen LogP contribution in [0.25, 0.3) is 0 Å². The number of benzene rings is 1. The smallest absolute Gasteiger partial charge is 0.257 e. The van der Waals surface area contributed by atoms with Gasteiger partial charge in [-0.2, -0.15) is 0 Å². The van der Waals surface area contributed by atoms with E-state index in [1.165, 1.54) is 0 Å². The highest BCUT2D eigenvalue weighted by atomic mass is 79.9. The predicted octanol–water partition coefficient (Wildman–Crippen LogP) is 3.25. The molecule has 1 rings (SSSR count). The van der Waals surface area contributed by atoms with E-state index in [1.807, 2.05) is 0 Å². The van der Waals surface area contributed by atoms with Crippen LogP contribution in [0.1, 0.15) is 13.8 Å². The lowest BCUT2D eigenvalue weighted by molar-refractivity contribution is -0.123. The van der Waals surface area contributed by atoms with Gasteiger partial charge in [0.05, 0.1) is 0 Å². The molecule has 0 fully saturated rings. The van der Waals surface area contributed by atoms with Crippen molar-refractivity contribution in [3.63, 3.8) is 0 Å². The molecule has 1 atom stereocenters. The van der Waals surface area contributed by atoms with E-state index in [1.54, 1.807) is 24.3 Å². The van der Waals surface area contributed by atoms with Gasteiger partial charge in [-0.15, -0.1) is 0 Å². The van der Waals surface area contributed by atoms with Crippen LogP contribution in [0.3, 0.4) is 0 Å². The summed E-state index contributed by atoms with van der Waals surface area (Å²) in [5.74, 6) is 0.927. The second kappa shape index (κ2) is 7.64. The van der Waals surface area contributed by atoms with E-state index in [9.17, 15) is 4.79 Å². The molecule has 1 aromatic carbocycles. The van der Waals surface area contributed by atoms with E-state index in [4.69, 9.17) is 16.3 Å². The van der Waals surface area contributed by atoms with Crippen LogP contribution < -0.4 is 10.1 Å². The largest absolute Gasteiger partial charge is 0.484 e. The molecule has 0 aliphatic heterocycles. The number of hydrogen-bond acceptors (Lipinski definition) is 2. The van der Waals surface area contributed by atoms with Gasteiger partial charge in [0.15, 0.2) is 6.61 Å². The monoisotopic (exact) mass is 333 g/mol. The minimum absolute atomic E-state index is 0.00183. The first-order valence-corrected chi connectivity index (χ1v) is 7.07. The minimum Gasteiger partial charge on any atom is -0.484 e. The van der Waals surface area contributed by atoms with Crippen molar-refractivity contribution >= 4 is 33.4 Å². The highest BCUT2D eigenvalue weighted by Gasteiger charge is 2.10. The summed E-state index contributed by atoms with van der Waals surface area (Å²) in [4.78, 5) is 11.8. The lowest BCUT2D eigenvalue weighted by Crippen LogP contribution is -2.34. The van der Waals surface area contributed by atoms with Crippen LogP contribution in [0.4, 0.5) is 0 Å². The summed E-state index contributed by atoms with van der Waals surface area (Å²) in [6.45, 7) is 4.77. The van der Waals surface area contributed by atoms with Crippen LogP contribution in [0.2, 0.25) is 5.02 Å². The fraction of sp³-hybridized carbons (Fsp3) is 0.462. The number of rotatable bonds is 6. The fourth-order valence-electron chi connectivity index (χ4n) is 1.20. The SMILES string of the molecule is CC(C)C(Br)CNC(=O)COc1cccc(Cl)c1. The van der Waals surface area contributed by atoms with E-state index >= 15 is 0 Å². The van der Waals surface area contributed by atoms with Crippen LogP contribution >= 0.6 is 27.5 Å². The third-order valence-electron chi connectivity index (χ3n) is 2.38. The maximum Gasteiger partial charge on any atom is 0.257 e. The number of carbonyl (C=O) groups excluding carboxylic acids is 1. The van der Waals surface area contributed by atoms with Crippen LogP contribution in [0, 0.1) is 5.92 Å². The number of amides is 1. The molecule has 1 amide bonds. The molecule has 0 spiro atoms. The number of hydrogen-bond donors (Lipinski definition) is 1. The molecule has 0 aromatic heterocycles. The van der Waals surface area contributed by atoms with Gasteiger partial charge in [0.25, 0.3) is 5.91 Å². The zero-order chi connectivity index (χ0) is 13.5. The average Bonchev–Trinajstić information content (AvgIpc) is 2.33.